The van der Waals surface area contributed by atoms with E-state index in [4.69, 9.17) is 4.74 Å². The summed E-state index contributed by atoms with van der Waals surface area (Å²) in [5, 5.41) is 0. The second kappa shape index (κ2) is 7.96. The molecular formula is C19H25NO. The van der Waals surface area contributed by atoms with E-state index in [1.54, 1.807) is 0 Å². The van der Waals surface area contributed by atoms with E-state index in [0.29, 0.717) is 0 Å². The molecule has 21 heavy (non-hydrogen) atoms. The molecule has 0 aromatic heterocycles. The molecule has 1 unspecified atom stereocenters. The van der Waals surface area contributed by atoms with Crippen molar-refractivity contribution in [1.82, 2.24) is 4.90 Å². The van der Waals surface area contributed by atoms with Crippen LogP contribution in [0.2, 0.25) is 0 Å². The summed E-state index contributed by atoms with van der Waals surface area (Å²) in [6, 6.07) is 18.9. The molecule has 0 amide bonds. The number of ether oxygens (including phenoxy) is 1. The highest BCUT2D eigenvalue weighted by Crippen LogP contribution is 2.28. The van der Waals surface area contributed by atoms with Crippen molar-refractivity contribution in [2.45, 2.75) is 20.0 Å². The maximum Gasteiger partial charge on any atom is 0.108 e. The van der Waals surface area contributed by atoms with Crippen LogP contribution in [0.15, 0.2) is 54.6 Å². The molecule has 0 aliphatic heterocycles. The molecule has 0 saturated carbocycles. The summed E-state index contributed by atoms with van der Waals surface area (Å²) in [5.74, 6) is 0. The molecule has 0 fully saturated rings. The van der Waals surface area contributed by atoms with E-state index in [1.165, 1.54) is 16.7 Å². The highest BCUT2D eigenvalue weighted by molar-refractivity contribution is 5.35. The van der Waals surface area contributed by atoms with Crippen molar-refractivity contribution < 1.29 is 4.74 Å². The Balaban J connectivity index is 2.18. The zero-order chi connectivity index (χ0) is 15.1. The predicted molar refractivity (Wildman–Crippen MR) is 88.6 cm³/mol. The number of hydrogen-bond donors (Lipinski definition) is 0. The average Bonchev–Trinajstić information content (AvgIpc) is 2.53. The Morgan fingerprint density at radius 3 is 2.33 bits per heavy atom. The summed E-state index contributed by atoms with van der Waals surface area (Å²) in [6.07, 6.45) is 0.0117. The first-order valence-electron chi connectivity index (χ1n) is 7.63. The first-order chi connectivity index (χ1) is 10.2. The Hall–Kier alpha value is -1.64. The highest BCUT2D eigenvalue weighted by atomic mass is 16.5. The second-order valence-corrected chi connectivity index (χ2v) is 5.41. The van der Waals surface area contributed by atoms with Gasteiger partial charge in [0, 0.05) is 6.54 Å². The van der Waals surface area contributed by atoms with Crippen LogP contribution in [-0.4, -0.2) is 31.6 Å². The fourth-order valence-electron chi connectivity index (χ4n) is 2.36. The molecule has 0 aliphatic rings. The third-order valence-electron chi connectivity index (χ3n) is 3.87. The van der Waals surface area contributed by atoms with Gasteiger partial charge in [0.15, 0.2) is 0 Å². The van der Waals surface area contributed by atoms with E-state index >= 15 is 0 Å². The van der Waals surface area contributed by atoms with Crippen molar-refractivity contribution in [2.24, 2.45) is 0 Å². The number of likely N-dealkylation sites (N-methyl/N-ethyl adjacent to an activating group) is 1. The standard InChI is InChI=1S/C19H25NO/c1-4-20(3)14-15-21-19(17-11-6-5-7-12-17)18-13-9-8-10-16(18)2/h5-13,19H,4,14-15H2,1-3H3. The normalized spacial score (nSPS) is 12.6. The third-order valence-corrected chi connectivity index (χ3v) is 3.87. The number of aryl methyl sites for hydroxylation is 1. The van der Waals surface area contributed by atoms with Crippen LogP contribution in [0.3, 0.4) is 0 Å². The zero-order valence-electron chi connectivity index (χ0n) is 13.3. The monoisotopic (exact) mass is 283 g/mol. The average molecular weight is 283 g/mol. The van der Waals surface area contributed by atoms with E-state index in [1.807, 2.05) is 6.07 Å². The number of benzene rings is 2. The number of nitrogens with zero attached hydrogens (tertiary/aromatic N) is 1. The SMILES string of the molecule is CCN(C)CCOC(c1ccccc1)c1ccccc1C. The van der Waals surface area contributed by atoms with E-state index < -0.39 is 0 Å². The molecule has 0 N–H and O–H groups in total. The van der Waals surface area contributed by atoms with Crippen LogP contribution in [0.4, 0.5) is 0 Å². The molecule has 0 saturated heterocycles. The van der Waals surface area contributed by atoms with Gasteiger partial charge in [0.05, 0.1) is 6.61 Å². The van der Waals surface area contributed by atoms with Gasteiger partial charge in [0.2, 0.25) is 0 Å². The minimum Gasteiger partial charge on any atom is -0.367 e. The first kappa shape index (κ1) is 15.7. The Bertz CT molecular complexity index is 538. The Morgan fingerprint density at radius 1 is 1.00 bits per heavy atom. The quantitative estimate of drug-likeness (QED) is 0.760. The number of rotatable bonds is 7. The van der Waals surface area contributed by atoms with Crippen LogP contribution in [0.1, 0.15) is 29.7 Å². The second-order valence-electron chi connectivity index (χ2n) is 5.41. The predicted octanol–water partition coefficient (Wildman–Crippen LogP) is 4.05. The van der Waals surface area contributed by atoms with Gasteiger partial charge in [-0.15, -0.1) is 0 Å². The molecule has 112 valence electrons. The summed E-state index contributed by atoms with van der Waals surface area (Å²) in [6.45, 7) is 7.04. The van der Waals surface area contributed by atoms with Gasteiger partial charge < -0.3 is 9.64 Å². The van der Waals surface area contributed by atoms with Gasteiger partial charge in [0.1, 0.15) is 6.10 Å². The maximum absolute atomic E-state index is 6.23. The van der Waals surface area contributed by atoms with Crippen LogP contribution < -0.4 is 0 Å². The molecule has 1 atom stereocenters. The van der Waals surface area contributed by atoms with Crippen molar-refractivity contribution in [3.8, 4) is 0 Å². The van der Waals surface area contributed by atoms with Crippen LogP contribution >= 0.6 is 0 Å². The minimum atomic E-state index is 0.0117. The smallest absolute Gasteiger partial charge is 0.108 e. The van der Waals surface area contributed by atoms with Crippen LogP contribution in [0.5, 0.6) is 0 Å². The molecule has 0 spiro atoms. The summed E-state index contributed by atoms with van der Waals surface area (Å²) < 4.78 is 6.23. The maximum atomic E-state index is 6.23. The topological polar surface area (TPSA) is 12.5 Å². The Kier molecular flexibility index (Phi) is 5.97. The lowest BCUT2D eigenvalue weighted by Gasteiger charge is -2.22. The van der Waals surface area contributed by atoms with E-state index in [0.717, 1.165) is 19.7 Å². The molecule has 0 aliphatic carbocycles. The van der Waals surface area contributed by atoms with Gasteiger partial charge in [-0.05, 0) is 37.2 Å². The van der Waals surface area contributed by atoms with Crippen molar-refractivity contribution in [1.29, 1.82) is 0 Å². The van der Waals surface area contributed by atoms with E-state index in [-0.39, 0.29) is 6.10 Å². The molecule has 2 heteroatoms. The molecule has 0 radical (unpaired) electrons. The van der Waals surface area contributed by atoms with Gasteiger partial charge in [-0.2, -0.15) is 0 Å². The lowest BCUT2D eigenvalue weighted by molar-refractivity contribution is 0.0653. The van der Waals surface area contributed by atoms with Crippen molar-refractivity contribution >= 4 is 0 Å². The molecule has 0 heterocycles. The largest absolute Gasteiger partial charge is 0.367 e. The van der Waals surface area contributed by atoms with Gasteiger partial charge in [0.25, 0.3) is 0 Å². The minimum absolute atomic E-state index is 0.0117. The summed E-state index contributed by atoms with van der Waals surface area (Å²) >= 11 is 0. The summed E-state index contributed by atoms with van der Waals surface area (Å²) in [4.78, 5) is 2.26. The molecule has 2 rings (SSSR count). The van der Waals surface area contributed by atoms with E-state index in [2.05, 4.69) is 74.3 Å². The molecular weight excluding hydrogens is 258 g/mol. The van der Waals surface area contributed by atoms with Crippen LogP contribution in [0.25, 0.3) is 0 Å². The van der Waals surface area contributed by atoms with Crippen LogP contribution in [0, 0.1) is 6.92 Å². The third kappa shape index (κ3) is 4.42. The van der Waals surface area contributed by atoms with Crippen molar-refractivity contribution in [2.75, 3.05) is 26.7 Å². The van der Waals surface area contributed by atoms with Gasteiger partial charge in [-0.3, -0.25) is 0 Å². The summed E-state index contributed by atoms with van der Waals surface area (Å²) in [7, 11) is 2.12. The number of hydrogen-bond acceptors (Lipinski definition) is 2. The van der Waals surface area contributed by atoms with E-state index in [9.17, 15) is 0 Å². The van der Waals surface area contributed by atoms with Crippen molar-refractivity contribution in [3.05, 3.63) is 71.3 Å². The fraction of sp³-hybridized carbons (Fsp3) is 0.368. The zero-order valence-corrected chi connectivity index (χ0v) is 13.3. The van der Waals surface area contributed by atoms with Gasteiger partial charge >= 0.3 is 0 Å². The lowest BCUT2D eigenvalue weighted by Crippen LogP contribution is -2.23. The summed E-state index contributed by atoms with van der Waals surface area (Å²) in [5.41, 5.74) is 3.74. The molecule has 2 nitrogen and oxygen atoms in total. The van der Waals surface area contributed by atoms with Gasteiger partial charge in [-0.25, -0.2) is 0 Å². The molecule has 2 aromatic carbocycles. The fourth-order valence-corrected chi connectivity index (χ4v) is 2.36. The van der Waals surface area contributed by atoms with Crippen LogP contribution in [-0.2, 0) is 4.74 Å². The highest BCUT2D eigenvalue weighted by Gasteiger charge is 2.16. The first-order valence-corrected chi connectivity index (χ1v) is 7.63. The molecule has 0 bridgehead atoms. The molecule has 2 aromatic rings. The Morgan fingerprint density at radius 2 is 1.67 bits per heavy atom. The van der Waals surface area contributed by atoms with Gasteiger partial charge in [-0.1, -0.05) is 61.5 Å². The van der Waals surface area contributed by atoms with Crippen molar-refractivity contribution in [3.63, 3.8) is 0 Å². The Labute approximate surface area is 128 Å². The lowest BCUT2D eigenvalue weighted by atomic mass is 9.97.